The maximum Gasteiger partial charge on any atom is 0.317 e. The molecule has 0 aliphatic carbocycles. The summed E-state index contributed by atoms with van der Waals surface area (Å²) in [7, 11) is 1.59. The van der Waals surface area contributed by atoms with E-state index in [-0.39, 0.29) is 25.1 Å². The first-order valence-corrected chi connectivity index (χ1v) is 9.29. The van der Waals surface area contributed by atoms with Gasteiger partial charge in [-0.3, -0.25) is 14.5 Å². The molecule has 2 heterocycles. The molecule has 1 saturated heterocycles. The van der Waals surface area contributed by atoms with Gasteiger partial charge in [0, 0.05) is 24.7 Å². The largest absolute Gasteiger partial charge is 0.493 e. The quantitative estimate of drug-likeness (QED) is 0.819. The summed E-state index contributed by atoms with van der Waals surface area (Å²) in [5.41, 5.74) is 1.48. The van der Waals surface area contributed by atoms with Crippen LogP contribution in [0.25, 0.3) is 6.08 Å². The molecule has 0 radical (unpaired) electrons. The number of para-hydroxylation sites is 1. The lowest BCUT2D eigenvalue weighted by Crippen LogP contribution is -2.48. The molecule has 0 atom stereocenters. The van der Waals surface area contributed by atoms with E-state index in [2.05, 4.69) is 0 Å². The van der Waals surface area contributed by atoms with Crippen LogP contribution in [0.15, 0.2) is 23.8 Å². The number of carbonyl (C=O) groups excluding carboxylic acids is 1. The maximum atomic E-state index is 12.9. The van der Waals surface area contributed by atoms with Crippen molar-refractivity contribution in [2.75, 3.05) is 39.9 Å². The third-order valence-electron chi connectivity index (χ3n) is 5.22. The summed E-state index contributed by atoms with van der Waals surface area (Å²) < 4.78 is 11.1. The van der Waals surface area contributed by atoms with Gasteiger partial charge in [-0.05, 0) is 31.5 Å². The van der Waals surface area contributed by atoms with Crippen LogP contribution < -0.4 is 9.47 Å². The lowest BCUT2D eigenvalue weighted by atomic mass is 10.0. The number of aliphatic carboxylic acids is 1. The Balaban J connectivity index is 1.64. The van der Waals surface area contributed by atoms with Crippen LogP contribution in [-0.4, -0.2) is 72.7 Å². The number of likely N-dealkylation sites (N-methyl/N-ethyl adjacent to an activating group) is 1. The highest BCUT2D eigenvalue weighted by Gasteiger charge is 2.30. The van der Waals surface area contributed by atoms with Gasteiger partial charge < -0.3 is 19.5 Å². The summed E-state index contributed by atoms with van der Waals surface area (Å²) in [6, 6.07) is 5.82. The summed E-state index contributed by atoms with van der Waals surface area (Å²) in [5, 5.41) is 9.04. The van der Waals surface area contributed by atoms with Crippen molar-refractivity contribution in [1.29, 1.82) is 0 Å². The molecule has 2 aliphatic heterocycles. The van der Waals surface area contributed by atoms with Crippen molar-refractivity contribution >= 4 is 18.0 Å². The van der Waals surface area contributed by atoms with E-state index in [9.17, 15) is 9.59 Å². The molecule has 1 N–H and O–H groups in total. The Labute approximate surface area is 159 Å². The van der Waals surface area contributed by atoms with Gasteiger partial charge in [-0.1, -0.05) is 19.1 Å². The molecule has 0 unspecified atom stereocenters. The van der Waals surface area contributed by atoms with Gasteiger partial charge in [-0.15, -0.1) is 0 Å². The first-order valence-electron chi connectivity index (χ1n) is 9.29. The fourth-order valence-electron chi connectivity index (χ4n) is 3.77. The minimum atomic E-state index is -0.811. The van der Waals surface area contributed by atoms with Gasteiger partial charge in [0.25, 0.3) is 5.91 Å². The molecule has 0 spiro atoms. The highest BCUT2D eigenvalue weighted by Crippen LogP contribution is 2.36. The fourth-order valence-corrected chi connectivity index (χ4v) is 3.77. The van der Waals surface area contributed by atoms with Crippen LogP contribution in [0, 0.1) is 0 Å². The predicted octanol–water partition coefficient (Wildman–Crippen LogP) is 1.87. The minimum Gasteiger partial charge on any atom is -0.493 e. The molecule has 1 aromatic rings. The molecule has 1 amide bonds. The van der Waals surface area contributed by atoms with Gasteiger partial charge in [0.2, 0.25) is 0 Å². The van der Waals surface area contributed by atoms with E-state index in [1.807, 2.05) is 41.0 Å². The smallest absolute Gasteiger partial charge is 0.317 e. The van der Waals surface area contributed by atoms with Crippen LogP contribution in [0.4, 0.5) is 0 Å². The number of hydrogen-bond donors (Lipinski definition) is 1. The van der Waals surface area contributed by atoms with E-state index in [0.29, 0.717) is 36.7 Å². The molecule has 0 bridgehead atoms. The second kappa shape index (κ2) is 8.43. The van der Waals surface area contributed by atoms with Gasteiger partial charge in [0.15, 0.2) is 11.5 Å². The Kier molecular flexibility index (Phi) is 6.01. The molecule has 0 aromatic heterocycles. The summed E-state index contributed by atoms with van der Waals surface area (Å²) in [5.74, 6) is 0.508. The fraction of sp³-hybridized carbons (Fsp3) is 0.500. The Bertz CT molecular complexity index is 738. The van der Waals surface area contributed by atoms with Crippen LogP contribution in [0.5, 0.6) is 11.5 Å². The summed E-state index contributed by atoms with van der Waals surface area (Å²) in [6.45, 7) is 4.20. The standard InChI is InChI=1S/C20H26N2O5/c1-3-21(12-18(23)24)16-7-9-22(10-8-16)20(25)15-11-14-5-4-6-17(26-2)19(14)27-13-15/h4-6,11,16H,3,7-10,12-13H2,1-2H3,(H,23,24). The first kappa shape index (κ1) is 19.2. The topological polar surface area (TPSA) is 79.3 Å². The van der Waals surface area contributed by atoms with Gasteiger partial charge in [-0.2, -0.15) is 0 Å². The molecule has 0 saturated carbocycles. The summed E-state index contributed by atoms with van der Waals surface area (Å²) in [6.07, 6.45) is 3.44. The van der Waals surface area contributed by atoms with Crippen LogP contribution in [0.1, 0.15) is 25.3 Å². The zero-order chi connectivity index (χ0) is 19.4. The maximum absolute atomic E-state index is 12.9. The number of ether oxygens (including phenoxy) is 2. The first-order chi connectivity index (χ1) is 13.0. The van der Waals surface area contributed by atoms with Gasteiger partial charge in [0.05, 0.1) is 19.2 Å². The number of carboxylic acids is 1. The Morgan fingerprint density at radius 1 is 1.33 bits per heavy atom. The lowest BCUT2D eigenvalue weighted by Gasteiger charge is -2.38. The molecular weight excluding hydrogens is 348 g/mol. The van der Waals surface area contributed by atoms with Crippen molar-refractivity contribution in [3.63, 3.8) is 0 Å². The number of fused-ring (bicyclic) bond motifs is 1. The van der Waals surface area contributed by atoms with Crippen LogP contribution >= 0.6 is 0 Å². The number of amides is 1. The average molecular weight is 374 g/mol. The highest BCUT2D eigenvalue weighted by atomic mass is 16.5. The highest BCUT2D eigenvalue weighted by molar-refractivity contribution is 5.99. The van der Waals surface area contributed by atoms with Crippen LogP contribution in [0.3, 0.4) is 0 Å². The van der Waals surface area contributed by atoms with E-state index in [4.69, 9.17) is 14.6 Å². The number of piperidine rings is 1. The van der Waals surface area contributed by atoms with Crippen LogP contribution in [-0.2, 0) is 9.59 Å². The number of methoxy groups -OCH3 is 1. The molecule has 27 heavy (non-hydrogen) atoms. The van der Waals surface area contributed by atoms with E-state index in [0.717, 1.165) is 18.4 Å². The minimum absolute atomic E-state index is 0.0109. The second-order valence-electron chi connectivity index (χ2n) is 6.82. The van der Waals surface area contributed by atoms with E-state index >= 15 is 0 Å². The van der Waals surface area contributed by atoms with E-state index in [1.165, 1.54) is 0 Å². The SMILES string of the molecule is CCN(CC(=O)O)C1CCN(C(=O)C2=Cc3cccc(OC)c3OC2)CC1. The zero-order valence-corrected chi connectivity index (χ0v) is 15.8. The monoisotopic (exact) mass is 374 g/mol. The Morgan fingerprint density at radius 2 is 2.07 bits per heavy atom. The van der Waals surface area contributed by atoms with E-state index in [1.54, 1.807) is 7.11 Å². The zero-order valence-electron chi connectivity index (χ0n) is 15.8. The summed E-state index contributed by atoms with van der Waals surface area (Å²) >= 11 is 0. The second-order valence-corrected chi connectivity index (χ2v) is 6.82. The molecule has 1 fully saturated rings. The number of carbonyl (C=O) groups is 2. The van der Waals surface area contributed by atoms with Crippen molar-refractivity contribution in [2.45, 2.75) is 25.8 Å². The number of rotatable bonds is 6. The average Bonchev–Trinajstić information content (AvgIpc) is 2.70. The number of carboxylic acid groups (broad SMARTS) is 1. The third kappa shape index (κ3) is 4.24. The van der Waals surface area contributed by atoms with E-state index < -0.39 is 5.97 Å². The Hall–Kier alpha value is -2.54. The van der Waals surface area contributed by atoms with Gasteiger partial charge >= 0.3 is 5.97 Å². The van der Waals surface area contributed by atoms with Gasteiger partial charge in [-0.25, -0.2) is 0 Å². The normalized spacial score (nSPS) is 17.1. The van der Waals surface area contributed by atoms with Crippen LogP contribution in [0.2, 0.25) is 0 Å². The molecule has 1 aromatic carbocycles. The number of hydrogen-bond acceptors (Lipinski definition) is 5. The van der Waals surface area contributed by atoms with Gasteiger partial charge in [0.1, 0.15) is 6.61 Å². The number of nitrogens with zero attached hydrogens (tertiary/aromatic N) is 2. The lowest BCUT2D eigenvalue weighted by molar-refractivity contribution is -0.139. The van der Waals surface area contributed by atoms with Crippen molar-refractivity contribution in [3.8, 4) is 11.5 Å². The molecule has 7 heteroatoms. The van der Waals surface area contributed by atoms with Crippen molar-refractivity contribution < 1.29 is 24.2 Å². The number of benzene rings is 1. The predicted molar refractivity (Wildman–Crippen MR) is 101 cm³/mol. The molecule has 2 aliphatic rings. The molecule has 146 valence electrons. The van der Waals surface area contributed by atoms with Crippen molar-refractivity contribution in [2.24, 2.45) is 0 Å². The summed E-state index contributed by atoms with van der Waals surface area (Å²) in [4.78, 5) is 27.7. The Morgan fingerprint density at radius 3 is 2.70 bits per heavy atom. The van der Waals surface area contributed by atoms with Crippen molar-refractivity contribution in [3.05, 3.63) is 29.3 Å². The third-order valence-corrected chi connectivity index (χ3v) is 5.22. The molecule has 7 nitrogen and oxygen atoms in total. The molecular formula is C20H26N2O5. The molecule has 3 rings (SSSR count). The number of likely N-dealkylation sites (tertiary alicyclic amines) is 1. The van der Waals surface area contributed by atoms with Crippen molar-refractivity contribution in [1.82, 2.24) is 9.80 Å².